The van der Waals surface area contributed by atoms with Gasteiger partial charge in [0.15, 0.2) is 0 Å². The number of hydrogen-bond donors (Lipinski definition) is 4. The third kappa shape index (κ3) is 4.17. The lowest BCUT2D eigenvalue weighted by atomic mass is 9.72. The van der Waals surface area contributed by atoms with Crippen LogP contribution in [0.2, 0.25) is 0 Å². The molecule has 1 amide bonds. The molecule has 0 saturated carbocycles. The van der Waals surface area contributed by atoms with E-state index in [0.717, 1.165) is 25.9 Å². The fourth-order valence-corrected chi connectivity index (χ4v) is 3.55. The molecular weight excluding hydrogens is 337 g/mol. The Labute approximate surface area is 152 Å². The van der Waals surface area contributed by atoms with Crippen LogP contribution in [-0.4, -0.2) is 72.7 Å². The van der Waals surface area contributed by atoms with Crippen molar-refractivity contribution in [3.05, 3.63) is 29.3 Å². The summed E-state index contributed by atoms with van der Waals surface area (Å²) in [6.07, 6.45) is 2.33. The van der Waals surface area contributed by atoms with Crippen LogP contribution >= 0.6 is 0 Å². The van der Waals surface area contributed by atoms with Gasteiger partial charge in [0, 0.05) is 19.1 Å². The molecule has 1 atom stereocenters. The van der Waals surface area contributed by atoms with Crippen molar-refractivity contribution in [1.82, 2.24) is 15.5 Å². The number of rotatable bonds is 5. The number of carboxylic acid groups (broad SMARTS) is 1. The van der Waals surface area contributed by atoms with Gasteiger partial charge in [-0.2, -0.15) is 0 Å². The number of carboxylic acids is 1. The molecule has 8 nitrogen and oxygen atoms in total. The van der Waals surface area contributed by atoms with E-state index in [9.17, 15) is 19.7 Å². The first-order valence-corrected chi connectivity index (χ1v) is 8.87. The molecule has 0 spiro atoms. The minimum atomic E-state index is -1.28. The molecule has 4 N–H and O–H groups in total. The highest BCUT2D eigenvalue weighted by Crippen LogP contribution is 2.30. The molecule has 2 aliphatic heterocycles. The van der Waals surface area contributed by atoms with Gasteiger partial charge < -0.3 is 25.4 Å². The maximum absolute atomic E-state index is 12.3. The van der Waals surface area contributed by atoms with Gasteiger partial charge in [0.1, 0.15) is 5.75 Å². The Hall–Kier alpha value is -2.10. The fourth-order valence-electron chi connectivity index (χ4n) is 3.55. The van der Waals surface area contributed by atoms with Crippen LogP contribution in [0, 0.1) is 0 Å². The topological polar surface area (TPSA) is 111 Å². The minimum Gasteiger partial charge on any atom is -0.534 e. The quantitative estimate of drug-likeness (QED) is 0.524. The predicted octanol–water partition coefficient (Wildman–Crippen LogP) is -0.492. The minimum absolute atomic E-state index is 0.0127. The molecule has 26 heavy (non-hydrogen) atoms. The van der Waals surface area contributed by atoms with Crippen LogP contribution in [0.25, 0.3) is 0 Å². The highest BCUT2D eigenvalue weighted by Gasteiger charge is 2.37. The summed E-state index contributed by atoms with van der Waals surface area (Å²) in [5.74, 6) is -1.71. The molecule has 1 fully saturated rings. The van der Waals surface area contributed by atoms with Crippen molar-refractivity contribution in [2.24, 2.45) is 0 Å². The predicted molar refractivity (Wildman–Crippen MR) is 96.2 cm³/mol. The van der Waals surface area contributed by atoms with Gasteiger partial charge in [-0.1, -0.05) is 12.1 Å². The summed E-state index contributed by atoms with van der Waals surface area (Å²) in [4.78, 5) is 25.7. The molecule has 1 saturated heterocycles. The number of piperidine rings is 1. The van der Waals surface area contributed by atoms with E-state index in [0.29, 0.717) is 18.0 Å². The Morgan fingerprint density at radius 1 is 1.35 bits per heavy atom. The van der Waals surface area contributed by atoms with Crippen LogP contribution in [0.4, 0.5) is 0 Å². The zero-order valence-corrected chi connectivity index (χ0v) is 14.8. The molecule has 0 aromatic heterocycles. The van der Waals surface area contributed by atoms with Crippen LogP contribution in [0.15, 0.2) is 18.2 Å². The van der Waals surface area contributed by atoms with E-state index in [1.54, 1.807) is 12.1 Å². The largest absolute Gasteiger partial charge is 0.547 e. The van der Waals surface area contributed by atoms with Gasteiger partial charge in [-0.15, -0.1) is 0 Å². The number of nitrogens with zero attached hydrogens (tertiary/aromatic N) is 1. The summed E-state index contributed by atoms with van der Waals surface area (Å²) < 4.78 is 5.39. The summed E-state index contributed by atoms with van der Waals surface area (Å²) in [7, 11) is 0.674. The lowest BCUT2D eigenvalue weighted by molar-refractivity contribution is -0.123. The Bertz CT molecular complexity index is 678. The summed E-state index contributed by atoms with van der Waals surface area (Å²) in [6.45, 7) is 1.99. The number of likely N-dealkylation sites (tertiary alicyclic amines) is 1. The second kappa shape index (κ2) is 8.07. The molecular formula is C17H24BN3O5. The van der Waals surface area contributed by atoms with Crippen molar-refractivity contribution in [2.75, 3.05) is 26.7 Å². The number of nitrogens with one attached hydrogen (secondary N) is 2. The van der Waals surface area contributed by atoms with Gasteiger partial charge in [0.25, 0.3) is 0 Å². The van der Waals surface area contributed by atoms with Crippen LogP contribution in [0.3, 0.4) is 0 Å². The van der Waals surface area contributed by atoms with E-state index in [-0.39, 0.29) is 23.8 Å². The first-order chi connectivity index (χ1) is 12.5. The average Bonchev–Trinajstić information content (AvgIpc) is 2.62. The highest BCUT2D eigenvalue weighted by molar-refractivity contribution is 6.47. The molecule has 0 radical (unpaired) electrons. The molecule has 3 rings (SSSR count). The molecule has 0 unspecified atom stereocenters. The normalized spacial score (nSPS) is 21.0. The van der Waals surface area contributed by atoms with Crippen LogP contribution in [0.1, 0.15) is 28.8 Å². The van der Waals surface area contributed by atoms with E-state index in [1.807, 2.05) is 7.05 Å². The zero-order valence-electron chi connectivity index (χ0n) is 14.8. The van der Waals surface area contributed by atoms with Crippen molar-refractivity contribution < 1.29 is 24.4 Å². The number of hydrogen-bond acceptors (Lipinski definition) is 6. The number of carbonyl (C=O) groups is 2. The molecule has 2 heterocycles. The first-order valence-electron chi connectivity index (χ1n) is 8.87. The maximum atomic E-state index is 12.3. The third-order valence-electron chi connectivity index (χ3n) is 5.06. The van der Waals surface area contributed by atoms with Gasteiger partial charge >= 0.3 is 13.1 Å². The zero-order chi connectivity index (χ0) is 18.7. The Morgan fingerprint density at radius 3 is 2.73 bits per heavy atom. The van der Waals surface area contributed by atoms with Crippen molar-refractivity contribution in [3.8, 4) is 5.75 Å². The third-order valence-corrected chi connectivity index (χ3v) is 5.06. The second-order valence-corrected chi connectivity index (χ2v) is 6.82. The molecule has 9 heteroatoms. The first kappa shape index (κ1) is 18.7. The maximum Gasteiger partial charge on any atom is 0.547 e. The molecule has 1 aromatic rings. The summed E-state index contributed by atoms with van der Waals surface area (Å²) in [5.41, 5.74) is 0.675. The standard InChI is InChI=1S/C17H24BN3O5/c1-19-12-5-7-21(8-6-12)10-15(22)20-14-9-11-3-2-4-13(17(23)24)16(11)26-18(14)25/h2-4,12,14,19,25H,5-10H2,1H3,(H,20,22)(H,23,24)/t14-/m0/s1. The van der Waals surface area contributed by atoms with E-state index in [2.05, 4.69) is 15.5 Å². The van der Waals surface area contributed by atoms with Crippen molar-refractivity contribution in [1.29, 1.82) is 0 Å². The molecule has 0 bridgehead atoms. The molecule has 1 aromatic carbocycles. The molecule has 140 valence electrons. The van der Waals surface area contributed by atoms with Gasteiger partial charge in [-0.25, -0.2) is 4.79 Å². The monoisotopic (exact) mass is 361 g/mol. The lowest BCUT2D eigenvalue weighted by Gasteiger charge is -2.32. The number of amides is 1. The van der Waals surface area contributed by atoms with E-state index < -0.39 is 19.0 Å². The van der Waals surface area contributed by atoms with Crippen LogP contribution < -0.4 is 15.3 Å². The van der Waals surface area contributed by atoms with E-state index in [4.69, 9.17) is 4.65 Å². The Kier molecular flexibility index (Phi) is 5.80. The molecule has 2 aliphatic rings. The summed E-state index contributed by atoms with van der Waals surface area (Å²) in [5, 5.41) is 25.5. The smallest absolute Gasteiger partial charge is 0.534 e. The van der Waals surface area contributed by atoms with Crippen molar-refractivity contribution >= 4 is 19.0 Å². The van der Waals surface area contributed by atoms with Gasteiger partial charge in [-0.3, -0.25) is 9.69 Å². The Balaban J connectivity index is 1.58. The number of aromatic carboxylic acids is 1. The van der Waals surface area contributed by atoms with Crippen LogP contribution in [0.5, 0.6) is 5.75 Å². The average molecular weight is 361 g/mol. The second-order valence-electron chi connectivity index (χ2n) is 6.82. The number of para-hydroxylation sites is 1. The SMILES string of the molecule is CNC1CCN(CC(=O)N[C@H]2Cc3cccc(C(=O)O)c3OB2O)CC1. The molecule has 0 aliphatic carbocycles. The Morgan fingerprint density at radius 2 is 2.08 bits per heavy atom. The van der Waals surface area contributed by atoms with Gasteiger partial charge in [0.05, 0.1) is 18.0 Å². The fraction of sp³-hybridized carbons (Fsp3) is 0.529. The van der Waals surface area contributed by atoms with Crippen molar-refractivity contribution in [3.63, 3.8) is 0 Å². The number of benzene rings is 1. The summed E-state index contributed by atoms with van der Waals surface area (Å²) in [6, 6.07) is 5.31. The van der Waals surface area contributed by atoms with Crippen molar-refractivity contribution in [2.45, 2.75) is 31.2 Å². The van der Waals surface area contributed by atoms with Gasteiger partial charge in [-0.05, 0) is 37.9 Å². The van der Waals surface area contributed by atoms with E-state index >= 15 is 0 Å². The highest BCUT2D eigenvalue weighted by atomic mass is 16.5. The number of carbonyl (C=O) groups excluding carboxylic acids is 1. The summed E-state index contributed by atoms with van der Waals surface area (Å²) >= 11 is 0. The lowest BCUT2D eigenvalue weighted by Crippen LogP contribution is -2.55. The number of fused-ring (bicyclic) bond motifs is 1. The van der Waals surface area contributed by atoms with Gasteiger partial charge in [0.2, 0.25) is 5.91 Å². The van der Waals surface area contributed by atoms with Crippen LogP contribution in [-0.2, 0) is 11.2 Å². The van der Waals surface area contributed by atoms with E-state index in [1.165, 1.54) is 6.07 Å².